The third-order valence-electron chi connectivity index (χ3n) is 8.28. The van der Waals surface area contributed by atoms with Gasteiger partial charge in [-0.2, -0.15) is 13.2 Å². The third kappa shape index (κ3) is 5.76. The summed E-state index contributed by atoms with van der Waals surface area (Å²) in [5.74, 6) is -4.80. The average molecular weight is 612 g/mol. The molecule has 44 heavy (non-hydrogen) atoms. The average Bonchev–Trinajstić information content (AvgIpc) is 3.54. The fourth-order valence-electron chi connectivity index (χ4n) is 6.45. The molecule has 3 aromatic rings. The summed E-state index contributed by atoms with van der Waals surface area (Å²) in [4.78, 5) is 43.1. The van der Waals surface area contributed by atoms with E-state index in [1.807, 2.05) is 13.8 Å². The molecule has 2 amide bonds. The molecule has 2 aromatic carbocycles. The molecule has 8 nitrogen and oxygen atoms in total. The van der Waals surface area contributed by atoms with E-state index in [4.69, 9.17) is 4.74 Å². The highest BCUT2D eigenvalue weighted by Gasteiger charge is 2.55. The minimum absolute atomic E-state index is 0.0543. The fourth-order valence-corrected chi connectivity index (χ4v) is 6.45. The van der Waals surface area contributed by atoms with Gasteiger partial charge in [-0.25, -0.2) is 14.2 Å². The van der Waals surface area contributed by atoms with Crippen LogP contribution in [0.25, 0.3) is 11.3 Å². The van der Waals surface area contributed by atoms with Crippen LogP contribution < -0.4 is 15.4 Å². The summed E-state index contributed by atoms with van der Waals surface area (Å²) < 4.78 is 59.1. The number of hydrogen-bond acceptors (Lipinski definition) is 5. The van der Waals surface area contributed by atoms with Crippen LogP contribution in [0.3, 0.4) is 0 Å². The van der Waals surface area contributed by atoms with Crippen LogP contribution in [0.2, 0.25) is 0 Å². The van der Waals surface area contributed by atoms with Crippen LogP contribution in [-0.2, 0) is 11.0 Å². The van der Waals surface area contributed by atoms with Gasteiger partial charge in [-0.15, -0.1) is 0 Å². The maximum absolute atomic E-state index is 13.9. The molecule has 0 saturated heterocycles. The van der Waals surface area contributed by atoms with Gasteiger partial charge in [0.15, 0.2) is 5.69 Å². The van der Waals surface area contributed by atoms with E-state index in [1.165, 1.54) is 19.2 Å². The van der Waals surface area contributed by atoms with Crippen LogP contribution in [0.5, 0.6) is 5.75 Å². The summed E-state index contributed by atoms with van der Waals surface area (Å²) in [7, 11) is 1.38. The Labute approximate surface area is 250 Å². The molecule has 12 heteroatoms. The number of hydrogen-bond donors (Lipinski definition) is 3. The quantitative estimate of drug-likeness (QED) is 0.212. The van der Waals surface area contributed by atoms with Gasteiger partial charge in [0.1, 0.15) is 11.6 Å². The number of carbonyl (C=O) groups excluding carboxylic acids is 2. The van der Waals surface area contributed by atoms with E-state index in [0.717, 1.165) is 17.2 Å². The lowest BCUT2D eigenvalue weighted by Crippen LogP contribution is -2.48. The number of nitrogens with zero attached hydrogens (tertiary/aromatic N) is 1. The zero-order valence-electron chi connectivity index (χ0n) is 24.0. The first-order chi connectivity index (χ1) is 20.8. The third-order valence-corrected chi connectivity index (χ3v) is 8.28. The molecular weight excluding hydrogens is 582 g/mol. The normalized spacial score (nSPS) is 20.8. The molecule has 2 aliphatic carbocycles. The number of allylic oxidation sites excluding steroid dienone is 1. The van der Waals surface area contributed by atoms with Gasteiger partial charge in [0.05, 0.1) is 29.8 Å². The maximum Gasteiger partial charge on any atom is 0.419 e. The van der Waals surface area contributed by atoms with Crippen molar-refractivity contribution in [3.8, 4) is 17.0 Å². The molecule has 2 fully saturated rings. The van der Waals surface area contributed by atoms with Crippen molar-refractivity contribution in [1.82, 2.24) is 10.3 Å². The monoisotopic (exact) mass is 611 g/mol. The Bertz CT molecular complexity index is 1670. The zero-order valence-corrected chi connectivity index (χ0v) is 24.0. The summed E-state index contributed by atoms with van der Waals surface area (Å²) in [5, 5.41) is 14.7. The molecule has 0 radical (unpaired) electrons. The molecular formula is C32H29F4N3O5. The van der Waals surface area contributed by atoms with Crippen LogP contribution in [-0.4, -0.2) is 41.0 Å². The Kier molecular flexibility index (Phi) is 8.19. The Morgan fingerprint density at radius 1 is 0.977 bits per heavy atom. The van der Waals surface area contributed by atoms with E-state index in [-0.39, 0.29) is 34.5 Å². The first-order valence-electron chi connectivity index (χ1n) is 13.8. The Morgan fingerprint density at radius 3 is 2.27 bits per heavy atom. The summed E-state index contributed by atoms with van der Waals surface area (Å²) in [6.45, 7) is 3.83. The van der Waals surface area contributed by atoms with Crippen LogP contribution in [0.15, 0.2) is 65.7 Å². The minimum atomic E-state index is -4.94. The predicted octanol–water partition coefficient (Wildman–Crippen LogP) is 6.34. The first-order valence-corrected chi connectivity index (χ1v) is 13.8. The van der Waals surface area contributed by atoms with Gasteiger partial charge in [-0.05, 0) is 75.1 Å². The number of fused-ring (bicyclic) bond motifs is 2. The molecule has 230 valence electrons. The number of halogens is 4. The van der Waals surface area contributed by atoms with Gasteiger partial charge in [0.25, 0.3) is 5.91 Å². The van der Waals surface area contributed by atoms with Crippen molar-refractivity contribution in [2.24, 2.45) is 17.8 Å². The predicted molar refractivity (Wildman–Crippen MR) is 153 cm³/mol. The molecule has 3 N–H and O–H groups in total. The number of carboxylic acids is 1. The number of carboxylic acid groups (broad SMARTS) is 1. The lowest BCUT2D eigenvalue weighted by atomic mass is 9.83. The number of pyridine rings is 1. The van der Waals surface area contributed by atoms with Crippen LogP contribution in [0.4, 0.5) is 23.2 Å². The van der Waals surface area contributed by atoms with Gasteiger partial charge >= 0.3 is 12.1 Å². The van der Waals surface area contributed by atoms with E-state index < -0.39 is 47.3 Å². The Morgan fingerprint density at radius 2 is 1.66 bits per heavy atom. The molecule has 5 rings (SSSR count). The summed E-state index contributed by atoms with van der Waals surface area (Å²) >= 11 is 0. The zero-order chi connectivity index (χ0) is 31.9. The smallest absolute Gasteiger partial charge is 0.419 e. The lowest BCUT2D eigenvalue weighted by molar-refractivity contribution is -0.140. The second kappa shape index (κ2) is 11.7. The number of rotatable bonds is 7. The minimum Gasteiger partial charge on any atom is -0.494 e. The molecule has 2 saturated carbocycles. The molecule has 0 aliphatic heterocycles. The molecule has 2 bridgehead atoms. The molecule has 1 heterocycles. The van der Waals surface area contributed by atoms with Gasteiger partial charge in [0.2, 0.25) is 5.91 Å². The topological polar surface area (TPSA) is 118 Å². The standard InChI is InChI=1S/C32H29F4N3O5/c1-15(2)25-19-9-10-20(25)27(26(19)29(40)37-18-8-11-22(33)21(14-18)32(34,35)36)39-30(41)28-24(44-3)13-12-23(38-28)16-4-6-17(7-5-16)31(42)43/h4-8,11-14,19-20,26-27H,9-10H2,1-3H3,(H,37,40)(H,39,41)(H,42,43)/t19?,20?,26-,27+/m0/s1. The molecule has 1 aromatic heterocycles. The Hall–Kier alpha value is -4.74. The van der Waals surface area contributed by atoms with E-state index in [1.54, 1.807) is 24.3 Å². The van der Waals surface area contributed by atoms with Crippen molar-refractivity contribution >= 4 is 23.5 Å². The van der Waals surface area contributed by atoms with E-state index in [9.17, 15) is 37.1 Å². The fraction of sp³-hybridized carbons (Fsp3) is 0.312. The highest BCUT2D eigenvalue weighted by molar-refractivity contribution is 5.98. The van der Waals surface area contributed by atoms with Crippen LogP contribution >= 0.6 is 0 Å². The van der Waals surface area contributed by atoms with Crippen molar-refractivity contribution in [3.63, 3.8) is 0 Å². The summed E-state index contributed by atoms with van der Waals surface area (Å²) in [6, 6.07) is 10.7. The summed E-state index contributed by atoms with van der Waals surface area (Å²) in [5.41, 5.74) is 1.31. The number of amides is 2. The number of alkyl halides is 3. The second-order valence-corrected chi connectivity index (χ2v) is 11.1. The highest BCUT2D eigenvalue weighted by atomic mass is 19.4. The number of benzene rings is 2. The number of anilines is 1. The van der Waals surface area contributed by atoms with Crippen molar-refractivity contribution in [2.45, 2.75) is 38.9 Å². The number of aromatic carboxylic acids is 1. The largest absolute Gasteiger partial charge is 0.494 e. The number of methoxy groups -OCH3 is 1. The number of aromatic nitrogens is 1. The van der Waals surface area contributed by atoms with E-state index in [0.29, 0.717) is 36.2 Å². The molecule has 0 spiro atoms. The molecule has 4 atom stereocenters. The van der Waals surface area contributed by atoms with Crippen LogP contribution in [0.1, 0.15) is 53.1 Å². The Balaban J connectivity index is 1.45. The van der Waals surface area contributed by atoms with Crippen molar-refractivity contribution < 1.29 is 41.8 Å². The first kappa shape index (κ1) is 30.7. The second-order valence-electron chi connectivity index (χ2n) is 11.1. The van der Waals surface area contributed by atoms with E-state index >= 15 is 0 Å². The van der Waals surface area contributed by atoms with Crippen LogP contribution in [0, 0.1) is 23.6 Å². The van der Waals surface area contributed by atoms with Crippen molar-refractivity contribution in [1.29, 1.82) is 0 Å². The van der Waals surface area contributed by atoms with E-state index in [2.05, 4.69) is 15.6 Å². The van der Waals surface area contributed by atoms with Crippen molar-refractivity contribution in [2.75, 3.05) is 12.4 Å². The summed E-state index contributed by atoms with van der Waals surface area (Å²) in [6.07, 6.45) is -3.58. The lowest BCUT2D eigenvalue weighted by Gasteiger charge is -2.30. The SMILES string of the molecule is COc1ccc(-c2ccc(C(=O)O)cc2)nc1C(=O)N[C@@H]1C2CCC(C2=C(C)C)[C@@H]1C(=O)Nc1ccc(F)c(C(F)(F)F)c1. The van der Waals surface area contributed by atoms with Gasteiger partial charge in [0, 0.05) is 23.2 Å². The number of ether oxygens (including phenoxy) is 1. The van der Waals surface area contributed by atoms with Gasteiger partial charge in [-0.1, -0.05) is 23.3 Å². The maximum atomic E-state index is 13.9. The van der Waals surface area contributed by atoms with Crippen molar-refractivity contribution in [3.05, 3.63) is 88.4 Å². The molecule has 2 unspecified atom stereocenters. The van der Waals surface area contributed by atoms with Gasteiger partial charge in [-0.3, -0.25) is 9.59 Å². The highest BCUT2D eigenvalue weighted by Crippen LogP contribution is 2.54. The number of nitrogens with one attached hydrogen (secondary N) is 2. The van der Waals surface area contributed by atoms with Gasteiger partial charge < -0.3 is 20.5 Å². The molecule has 2 aliphatic rings. The number of carbonyl (C=O) groups is 3.